The molecule has 2 aliphatic rings. The molecule has 3 aromatic rings. The van der Waals surface area contributed by atoms with Crippen LogP contribution in [0, 0.1) is 0 Å². The zero-order chi connectivity index (χ0) is 22.8. The van der Waals surface area contributed by atoms with E-state index in [1.165, 1.54) is 11.0 Å². The number of carbonyl (C=O) groups excluding carboxylic acids is 2. The topological polar surface area (TPSA) is 80.2 Å². The van der Waals surface area contributed by atoms with E-state index in [4.69, 9.17) is 9.47 Å². The number of nitrogens with one attached hydrogen (secondary N) is 1. The lowest BCUT2D eigenvalue weighted by Crippen LogP contribution is -2.45. The lowest BCUT2D eigenvalue weighted by molar-refractivity contribution is -0.124. The predicted octanol–water partition coefficient (Wildman–Crippen LogP) is 3.38. The van der Waals surface area contributed by atoms with E-state index in [9.17, 15) is 9.59 Å². The molecule has 0 saturated heterocycles. The number of benzene rings is 3. The highest BCUT2D eigenvalue weighted by Gasteiger charge is 2.30. The van der Waals surface area contributed by atoms with Gasteiger partial charge in [-0.05, 0) is 29.8 Å². The average molecular weight is 439 g/mol. The second-order valence-electron chi connectivity index (χ2n) is 7.62. The van der Waals surface area contributed by atoms with Crippen LogP contribution in [0.2, 0.25) is 0 Å². The molecule has 2 heterocycles. The van der Waals surface area contributed by atoms with Crippen LogP contribution in [-0.2, 0) is 9.59 Å². The van der Waals surface area contributed by atoms with Crippen LogP contribution in [0.1, 0.15) is 16.7 Å². The van der Waals surface area contributed by atoms with Crippen molar-refractivity contribution < 1.29 is 19.1 Å². The number of nitrogens with zero attached hydrogens (tertiary/aromatic N) is 2. The molecule has 3 aromatic carbocycles. The number of amides is 2. The Balaban J connectivity index is 1.43. The number of fused-ring (bicyclic) bond motifs is 2. The van der Waals surface area contributed by atoms with Gasteiger partial charge in [-0.15, -0.1) is 0 Å². The fraction of sp³-hybridized carbons (Fsp3) is 0.115. The third-order valence-electron chi connectivity index (χ3n) is 5.49. The monoisotopic (exact) mass is 439 g/mol. The number of likely N-dealkylation sites (N-methyl/N-ethyl adjacent to an activating group) is 1. The Kier molecular flexibility index (Phi) is 5.36. The van der Waals surface area contributed by atoms with E-state index < -0.39 is 12.1 Å². The molecule has 7 nitrogen and oxygen atoms in total. The molecule has 0 aromatic heterocycles. The minimum Gasteiger partial charge on any atom is -0.454 e. The van der Waals surface area contributed by atoms with Crippen molar-refractivity contribution in [3.63, 3.8) is 0 Å². The first-order valence-electron chi connectivity index (χ1n) is 10.5. The van der Waals surface area contributed by atoms with Crippen molar-refractivity contribution in [1.82, 2.24) is 5.32 Å². The third kappa shape index (κ3) is 4.08. The molecule has 0 bridgehead atoms. The molecule has 0 unspecified atom stereocenters. The lowest BCUT2D eigenvalue weighted by atomic mass is 10.0. The van der Waals surface area contributed by atoms with Crippen molar-refractivity contribution in [1.29, 1.82) is 0 Å². The van der Waals surface area contributed by atoms with E-state index >= 15 is 0 Å². The minimum absolute atomic E-state index is 0.185. The van der Waals surface area contributed by atoms with E-state index in [0.29, 0.717) is 17.2 Å². The van der Waals surface area contributed by atoms with Crippen molar-refractivity contribution >= 4 is 29.3 Å². The number of benzodiazepines with no additional fused rings is 1. The number of aliphatic imine (C=N–C) groups is 1. The molecule has 0 radical (unpaired) electrons. The Morgan fingerprint density at radius 2 is 1.79 bits per heavy atom. The number of hydrogen-bond acceptors (Lipinski definition) is 5. The number of hydrogen-bond donors (Lipinski definition) is 1. The van der Waals surface area contributed by atoms with Crippen LogP contribution in [0.5, 0.6) is 11.5 Å². The number of carbonyl (C=O) groups is 2. The van der Waals surface area contributed by atoms with Crippen LogP contribution in [-0.4, -0.2) is 37.5 Å². The highest BCUT2D eigenvalue weighted by molar-refractivity contribution is 6.20. The first kappa shape index (κ1) is 20.5. The standard InChI is InChI=1S/C26H21N3O4/c1-29-20-10-6-5-9-19(20)24(18-7-3-2-4-8-18)28-25(26(29)31)27-23(30)14-12-17-11-13-21-22(15-17)33-16-32-21/h2-15,25H,16H2,1H3,(H,27,30)/t25-/m1/s1. The maximum absolute atomic E-state index is 13.2. The van der Waals surface area contributed by atoms with Crippen LogP contribution in [0.25, 0.3) is 6.08 Å². The molecular formula is C26H21N3O4. The maximum Gasteiger partial charge on any atom is 0.272 e. The second kappa shape index (κ2) is 8.63. The van der Waals surface area contributed by atoms with Gasteiger partial charge in [-0.1, -0.05) is 54.6 Å². The zero-order valence-corrected chi connectivity index (χ0v) is 17.9. The maximum atomic E-state index is 13.2. The van der Waals surface area contributed by atoms with E-state index in [-0.39, 0.29) is 12.7 Å². The zero-order valence-electron chi connectivity index (χ0n) is 17.9. The van der Waals surface area contributed by atoms with Crippen molar-refractivity contribution in [2.45, 2.75) is 6.17 Å². The molecule has 2 aliphatic heterocycles. The highest BCUT2D eigenvalue weighted by atomic mass is 16.7. The van der Waals surface area contributed by atoms with Gasteiger partial charge in [0, 0.05) is 24.3 Å². The van der Waals surface area contributed by atoms with Crippen molar-refractivity contribution in [3.05, 3.63) is 95.6 Å². The van der Waals surface area contributed by atoms with Crippen molar-refractivity contribution in [2.24, 2.45) is 4.99 Å². The van der Waals surface area contributed by atoms with Gasteiger partial charge in [0.05, 0.1) is 11.4 Å². The van der Waals surface area contributed by atoms with Gasteiger partial charge in [0.1, 0.15) is 0 Å². The molecule has 7 heteroatoms. The summed E-state index contributed by atoms with van der Waals surface area (Å²) < 4.78 is 10.7. The first-order valence-corrected chi connectivity index (χ1v) is 10.5. The summed E-state index contributed by atoms with van der Waals surface area (Å²) in [4.78, 5) is 32.1. The van der Waals surface area contributed by atoms with Crippen LogP contribution in [0.15, 0.2) is 83.9 Å². The Hall–Kier alpha value is -4.39. The normalized spacial score (nSPS) is 16.9. The average Bonchev–Trinajstić information content (AvgIpc) is 3.29. The van der Waals surface area contributed by atoms with Crippen LogP contribution < -0.4 is 19.7 Å². The van der Waals surface area contributed by atoms with Gasteiger partial charge in [-0.2, -0.15) is 0 Å². The summed E-state index contributed by atoms with van der Waals surface area (Å²) in [7, 11) is 1.69. The summed E-state index contributed by atoms with van der Waals surface area (Å²) in [5.74, 6) is 0.554. The van der Waals surface area contributed by atoms with Gasteiger partial charge in [-0.25, -0.2) is 4.99 Å². The summed E-state index contributed by atoms with van der Waals surface area (Å²) in [6.07, 6.45) is 1.96. The lowest BCUT2D eigenvalue weighted by Gasteiger charge is -2.20. The first-order chi connectivity index (χ1) is 16.1. The summed E-state index contributed by atoms with van der Waals surface area (Å²) in [6.45, 7) is 0.185. The summed E-state index contributed by atoms with van der Waals surface area (Å²) >= 11 is 0. The summed E-state index contributed by atoms with van der Waals surface area (Å²) in [5.41, 5.74) is 3.85. The van der Waals surface area contributed by atoms with Crippen LogP contribution in [0.3, 0.4) is 0 Å². The van der Waals surface area contributed by atoms with Gasteiger partial charge in [0.2, 0.25) is 18.9 Å². The fourth-order valence-electron chi connectivity index (χ4n) is 3.81. The van der Waals surface area contributed by atoms with Gasteiger partial charge in [-0.3, -0.25) is 9.59 Å². The van der Waals surface area contributed by atoms with Gasteiger partial charge < -0.3 is 19.7 Å². The molecule has 2 amide bonds. The largest absolute Gasteiger partial charge is 0.454 e. The fourth-order valence-corrected chi connectivity index (χ4v) is 3.81. The number of rotatable bonds is 4. The van der Waals surface area contributed by atoms with Gasteiger partial charge >= 0.3 is 0 Å². The Morgan fingerprint density at radius 3 is 2.64 bits per heavy atom. The molecule has 0 aliphatic carbocycles. The smallest absolute Gasteiger partial charge is 0.272 e. The molecule has 1 atom stereocenters. The predicted molar refractivity (Wildman–Crippen MR) is 125 cm³/mol. The highest BCUT2D eigenvalue weighted by Crippen LogP contribution is 2.33. The van der Waals surface area contributed by atoms with E-state index in [1.807, 2.05) is 60.7 Å². The van der Waals surface area contributed by atoms with Crippen molar-refractivity contribution in [3.8, 4) is 11.5 Å². The molecular weight excluding hydrogens is 418 g/mol. The number of anilines is 1. The van der Waals surface area contributed by atoms with Crippen LogP contribution in [0.4, 0.5) is 5.69 Å². The summed E-state index contributed by atoms with van der Waals surface area (Å²) in [5, 5.41) is 2.74. The van der Waals surface area contributed by atoms with Gasteiger partial charge in [0.25, 0.3) is 5.91 Å². The van der Waals surface area contributed by atoms with E-state index in [0.717, 1.165) is 22.4 Å². The molecule has 1 N–H and O–H groups in total. The SMILES string of the molecule is CN1C(=O)[C@H](NC(=O)C=Cc2ccc3c(c2)OCO3)N=C(c2ccccc2)c2ccccc21. The molecule has 0 spiro atoms. The molecule has 0 saturated carbocycles. The Labute approximate surface area is 191 Å². The number of para-hydroxylation sites is 1. The van der Waals surface area contributed by atoms with E-state index in [2.05, 4.69) is 10.3 Å². The second-order valence-corrected chi connectivity index (χ2v) is 7.62. The molecule has 164 valence electrons. The minimum atomic E-state index is -1.06. The molecule has 0 fully saturated rings. The number of ether oxygens (including phenoxy) is 2. The molecule has 5 rings (SSSR count). The third-order valence-corrected chi connectivity index (χ3v) is 5.49. The van der Waals surface area contributed by atoms with Gasteiger partial charge in [0.15, 0.2) is 11.5 Å². The van der Waals surface area contributed by atoms with Crippen LogP contribution >= 0.6 is 0 Å². The Morgan fingerprint density at radius 1 is 1.03 bits per heavy atom. The van der Waals surface area contributed by atoms with Crippen molar-refractivity contribution in [2.75, 3.05) is 18.7 Å². The quantitative estimate of drug-likeness (QED) is 0.632. The Bertz CT molecular complexity index is 1280. The summed E-state index contributed by atoms with van der Waals surface area (Å²) in [6, 6.07) is 22.6. The molecule has 33 heavy (non-hydrogen) atoms. The van der Waals surface area contributed by atoms with E-state index in [1.54, 1.807) is 25.3 Å².